The van der Waals surface area contributed by atoms with Crippen molar-refractivity contribution in [3.8, 4) is 0 Å². The summed E-state index contributed by atoms with van der Waals surface area (Å²) in [5, 5.41) is 4.49. The fraction of sp³-hybridized carbons (Fsp3) is 0.176. The number of amides is 2. The predicted octanol–water partition coefficient (Wildman–Crippen LogP) is 3.66. The average Bonchev–Trinajstić information content (AvgIpc) is 2.54. The molecule has 2 rings (SSSR count). The third-order valence-electron chi connectivity index (χ3n) is 3.37. The van der Waals surface area contributed by atoms with Crippen LogP contribution in [0.4, 0.5) is 23.2 Å². The molecular weight excluding hydrogens is 340 g/mol. The molecule has 0 aliphatic heterocycles. The molecule has 0 aliphatic carbocycles. The number of alkyl halides is 3. The monoisotopic (exact) mass is 354 g/mol. The van der Waals surface area contributed by atoms with Crippen molar-refractivity contribution in [3.63, 3.8) is 0 Å². The van der Waals surface area contributed by atoms with Crippen molar-refractivity contribution in [2.45, 2.75) is 19.1 Å². The van der Waals surface area contributed by atoms with Gasteiger partial charge in [0.15, 0.2) is 0 Å². The first-order valence-corrected chi connectivity index (χ1v) is 7.21. The van der Waals surface area contributed by atoms with Gasteiger partial charge in [-0.1, -0.05) is 18.2 Å². The number of carbonyl (C=O) groups excluding carboxylic acids is 2. The zero-order valence-corrected chi connectivity index (χ0v) is 13.0. The Morgan fingerprint density at radius 1 is 1.00 bits per heavy atom. The first-order valence-electron chi connectivity index (χ1n) is 7.21. The maximum absolute atomic E-state index is 12.9. The third kappa shape index (κ3) is 5.03. The minimum absolute atomic E-state index is 0.149. The van der Waals surface area contributed by atoms with Crippen molar-refractivity contribution in [2.75, 3.05) is 5.32 Å². The summed E-state index contributed by atoms with van der Waals surface area (Å²) in [6.07, 6.45) is -4.56. The van der Waals surface area contributed by atoms with E-state index in [1.54, 1.807) is 6.92 Å². The summed E-state index contributed by atoms with van der Waals surface area (Å²) in [6, 6.07) is 8.68. The van der Waals surface area contributed by atoms with Gasteiger partial charge in [0.1, 0.15) is 5.82 Å². The SMILES string of the molecule is C[C@@H](NC(=O)C(=O)Nc1cccc(C(F)(F)F)c1)c1ccc(F)cc1. The smallest absolute Gasteiger partial charge is 0.341 e. The summed E-state index contributed by atoms with van der Waals surface area (Å²) in [7, 11) is 0. The van der Waals surface area contributed by atoms with Crippen LogP contribution in [0.1, 0.15) is 24.1 Å². The van der Waals surface area contributed by atoms with E-state index in [1.807, 2.05) is 0 Å². The molecule has 0 heterocycles. The van der Waals surface area contributed by atoms with E-state index in [-0.39, 0.29) is 5.69 Å². The van der Waals surface area contributed by atoms with E-state index in [4.69, 9.17) is 0 Å². The number of anilines is 1. The molecule has 0 fully saturated rings. The Morgan fingerprint density at radius 3 is 2.24 bits per heavy atom. The van der Waals surface area contributed by atoms with Crippen LogP contribution in [-0.2, 0) is 15.8 Å². The number of hydrogen-bond donors (Lipinski definition) is 2. The van der Waals surface area contributed by atoms with Crippen LogP contribution in [0.2, 0.25) is 0 Å². The molecule has 2 N–H and O–H groups in total. The Labute approximate surface area is 140 Å². The lowest BCUT2D eigenvalue weighted by Gasteiger charge is -2.14. The van der Waals surface area contributed by atoms with Crippen LogP contribution in [-0.4, -0.2) is 11.8 Å². The summed E-state index contributed by atoms with van der Waals surface area (Å²) >= 11 is 0. The highest BCUT2D eigenvalue weighted by atomic mass is 19.4. The van der Waals surface area contributed by atoms with Crippen molar-refractivity contribution in [3.05, 3.63) is 65.5 Å². The van der Waals surface area contributed by atoms with E-state index in [0.717, 1.165) is 18.2 Å². The molecule has 0 aromatic heterocycles. The van der Waals surface area contributed by atoms with Crippen LogP contribution < -0.4 is 10.6 Å². The van der Waals surface area contributed by atoms with Gasteiger partial charge in [-0.3, -0.25) is 9.59 Å². The molecule has 2 amide bonds. The number of halogens is 4. The molecule has 0 saturated heterocycles. The summed E-state index contributed by atoms with van der Waals surface area (Å²) in [5.41, 5.74) is -0.517. The second-order valence-electron chi connectivity index (χ2n) is 5.28. The Hall–Kier alpha value is -2.90. The fourth-order valence-electron chi connectivity index (χ4n) is 2.06. The second-order valence-corrected chi connectivity index (χ2v) is 5.28. The molecule has 25 heavy (non-hydrogen) atoms. The number of nitrogens with one attached hydrogen (secondary N) is 2. The summed E-state index contributed by atoms with van der Waals surface area (Å²) in [4.78, 5) is 23.7. The van der Waals surface area contributed by atoms with Crippen molar-refractivity contribution < 1.29 is 27.2 Å². The van der Waals surface area contributed by atoms with Crippen LogP contribution in [0, 0.1) is 5.82 Å². The van der Waals surface area contributed by atoms with Gasteiger partial charge >= 0.3 is 18.0 Å². The van der Waals surface area contributed by atoms with Gasteiger partial charge in [-0.2, -0.15) is 13.2 Å². The molecule has 4 nitrogen and oxygen atoms in total. The van der Waals surface area contributed by atoms with Crippen molar-refractivity contribution in [1.82, 2.24) is 5.32 Å². The molecule has 2 aromatic rings. The van der Waals surface area contributed by atoms with Crippen LogP contribution in [0.25, 0.3) is 0 Å². The van der Waals surface area contributed by atoms with Crippen molar-refractivity contribution >= 4 is 17.5 Å². The Bertz CT molecular complexity index is 773. The van der Waals surface area contributed by atoms with Crippen LogP contribution in [0.5, 0.6) is 0 Å². The van der Waals surface area contributed by atoms with E-state index < -0.39 is 35.4 Å². The summed E-state index contributed by atoms with van der Waals surface area (Å²) < 4.78 is 50.8. The third-order valence-corrected chi connectivity index (χ3v) is 3.37. The van der Waals surface area contributed by atoms with Gasteiger partial charge in [0.05, 0.1) is 11.6 Å². The fourth-order valence-corrected chi connectivity index (χ4v) is 2.06. The van der Waals surface area contributed by atoms with E-state index in [0.29, 0.717) is 5.56 Å². The highest BCUT2D eigenvalue weighted by Gasteiger charge is 2.30. The van der Waals surface area contributed by atoms with Crippen LogP contribution in [0.3, 0.4) is 0 Å². The predicted molar refractivity (Wildman–Crippen MR) is 83.0 cm³/mol. The van der Waals surface area contributed by atoms with Gasteiger partial charge in [-0.15, -0.1) is 0 Å². The molecule has 1 atom stereocenters. The molecule has 0 saturated carbocycles. The summed E-state index contributed by atoms with van der Waals surface area (Å²) in [6.45, 7) is 1.59. The van der Waals surface area contributed by atoms with Crippen molar-refractivity contribution in [2.24, 2.45) is 0 Å². The van der Waals surface area contributed by atoms with E-state index in [2.05, 4.69) is 10.6 Å². The Balaban J connectivity index is 2.01. The molecular formula is C17H14F4N2O2. The molecule has 0 spiro atoms. The van der Waals surface area contributed by atoms with Gasteiger partial charge < -0.3 is 10.6 Å². The standard InChI is InChI=1S/C17H14F4N2O2/c1-10(11-5-7-13(18)8-6-11)22-15(24)16(25)23-14-4-2-3-12(9-14)17(19,20)21/h2-10H,1H3,(H,22,24)(H,23,25)/t10-/m1/s1. The lowest BCUT2D eigenvalue weighted by atomic mass is 10.1. The van der Waals surface area contributed by atoms with E-state index >= 15 is 0 Å². The Kier molecular flexibility index (Phi) is 5.41. The van der Waals surface area contributed by atoms with Crippen LogP contribution in [0.15, 0.2) is 48.5 Å². The molecule has 8 heteroatoms. The van der Waals surface area contributed by atoms with Gasteiger partial charge in [0, 0.05) is 5.69 Å². The normalized spacial score (nSPS) is 12.4. The number of hydrogen-bond acceptors (Lipinski definition) is 2. The zero-order chi connectivity index (χ0) is 18.6. The quantitative estimate of drug-likeness (QED) is 0.653. The van der Waals surface area contributed by atoms with Gasteiger partial charge in [-0.05, 0) is 42.8 Å². The lowest BCUT2D eigenvalue weighted by molar-refractivity contribution is -0.137. The first kappa shape index (κ1) is 18.4. The van der Waals surface area contributed by atoms with E-state index in [1.165, 1.54) is 30.3 Å². The second kappa shape index (κ2) is 7.33. The molecule has 0 aliphatic rings. The molecule has 132 valence electrons. The van der Waals surface area contributed by atoms with E-state index in [9.17, 15) is 27.2 Å². The molecule has 0 radical (unpaired) electrons. The molecule has 0 bridgehead atoms. The van der Waals surface area contributed by atoms with Gasteiger partial charge in [-0.25, -0.2) is 4.39 Å². The largest absolute Gasteiger partial charge is 0.416 e. The lowest BCUT2D eigenvalue weighted by Crippen LogP contribution is -2.36. The number of benzene rings is 2. The minimum atomic E-state index is -4.56. The number of carbonyl (C=O) groups is 2. The highest BCUT2D eigenvalue weighted by Crippen LogP contribution is 2.30. The average molecular weight is 354 g/mol. The topological polar surface area (TPSA) is 58.2 Å². The minimum Gasteiger partial charge on any atom is -0.341 e. The molecule has 0 unspecified atom stereocenters. The Morgan fingerprint density at radius 2 is 1.64 bits per heavy atom. The maximum Gasteiger partial charge on any atom is 0.416 e. The summed E-state index contributed by atoms with van der Waals surface area (Å²) in [5.74, 6) is -2.56. The first-order chi connectivity index (χ1) is 11.7. The number of rotatable bonds is 3. The van der Waals surface area contributed by atoms with Crippen LogP contribution >= 0.6 is 0 Å². The highest BCUT2D eigenvalue weighted by molar-refractivity contribution is 6.39. The molecule has 2 aromatic carbocycles. The van der Waals surface area contributed by atoms with Gasteiger partial charge in [0.2, 0.25) is 0 Å². The maximum atomic E-state index is 12.9. The zero-order valence-electron chi connectivity index (χ0n) is 13.0. The van der Waals surface area contributed by atoms with Crippen molar-refractivity contribution in [1.29, 1.82) is 0 Å². The van der Waals surface area contributed by atoms with Gasteiger partial charge in [0.25, 0.3) is 0 Å².